The van der Waals surface area contributed by atoms with Crippen LogP contribution in [0.15, 0.2) is 22.7 Å². The van der Waals surface area contributed by atoms with Gasteiger partial charge in [-0.15, -0.1) is 0 Å². The lowest BCUT2D eigenvalue weighted by molar-refractivity contribution is 0.102. The molecule has 18 heavy (non-hydrogen) atoms. The molecule has 0 bridgehead atoms. The van der Waals surface area contributed by atoms with Crippen LogP contribution in [0.25, 0.3) is 0 Å². The van der Waals surface area contributed by atoms with Crippen molar-refractivity contribution >= 4 is 27.5 Å². The molecular weight excluding hydrogens is 312 g/mol. The lowest BCUT2D eigenvalue weighted by Gasteiger charge is -2.41. The lowest BCUT2D eigenvalue weighted by Crippen LogP contribution is -2.41. The van der Waals surface area contributed by atoms with Crippen molar-refractivity contribution in [2.24, 2.45) is 11.7 Å². The summed E-state index contributed by atoms with van der Waals surface area (Å²) in [7, 11) is 0. The van der Waals surface area contributed by atoms with Crippen molar-refractivity contribution in [3.63, 3.8) is 0 Å². The average Bonchev–Trinajstić information content (AvgIpc) is 2.38. The van der Waals surface area contributed by atoms with E-state index in [2.05, 4.69) is 39.9 Å². The molecule has 1 aromatic rings. The molecule has 0 aliphatic carbocycles. The zero-order chi connectivity index (χ0) is 13.1. The number of hydrogen-bond donors (Lipinski definition) is 1. The van der Waals surface area contributed by atoms with E-state index in [1.165, 1.54) is 18.4 Å². The van der Waals surface area contributed by atoms with E-state index < -0.39 is 0 Å². The lowest BCUT2D eigenvalue weighted by atomic mass is 9.84. The fourth-order valence-corrected chi connectivity index (χ4v) is 3.73. The van der Waals surface area contributed by atoms with Crippen LogP contribution in [0.2, 0.25) is 5.02 Å². The summed E-state index contributed by atoms with van der Waals surface area (Å²) in [6.45, 7) is 5.13. The second-order valence-corrected chi connectivity index (χ2v) is 6.20. The zero-order valence-electron chi connectivity index (χ0n) is 10.7. The minimum Gasteiger partial charge on any atom is -0.330 e. The van der Waals surface area contributed by atoms with Gasteiger partial charge in [-0.2, -0.15) is 0 Å². The van der Waals surface area contributed by atoms with Gasteiger partial charge >= 0.3 is 0 Å². The first-order chi connectivity index (χ1) is 8.67. The molecule has 0 saturated carbocycles. The van der Waals surface area contributed by atoms with Gasteiger partial charge < -0.3 is 5.73 Å². The van der Waals surface area contributed by atoms with Crippen LogP contribution in [-0.4, -0.2) is 24.5 Å². The minimum atomic E-state index is 0.370. The Morgan fingerprint density at radius 1 is 1.50 bits per heavy atom. The summed E-state index contributed by atoms with van der Waals surface area (Å²) in [5, 5.41) is 0.841. The third kappa shape index (κ3) is 2.90. The summed E-state index contributed by atoms with van der Waals surface area (Å²) < 4.78 is 1.03. The van der Waals surface area contributed by atoms with E-state index in [0.29, 0.717) is 12.0 Å². The fourth-order valence-electron chi connectivity index (χ4n) is 2.95. The maximum atomic E-state index is 6.41. The van der Waals surface area contributed by atoms with E-state index in [1.807, 2.05) is 6.07 Å². The van der Waals surface area contributed by atoms with Crippen molar-refractivity contribution in [1.82, 2.24) is 4.90 Å². The number of nitrogens with two attached hydrogens (primary N) is 1. The quantitative estimate of drug-likeness (QED) is 0.912. The van der Waals surface area contributed by atoms with Crippen molar-refractivity contribution in [3.05, 3.63) is 33.3 Å². The first-order valence-corrected chi connectivity index (χ1v) is 7.73. The number of hydrogen-bond acceptors (Lipinski definition) is 2. The highest BCUT2D eigenvalue weighted by atomic mass is 79.9. The highest BCUT2D eigenvalue weighted by Crippen LogP contribution is 2.39. The topological polar surface area (TPSA) is 29.3 Å². The molecule has 1 heterocycles. The first kappa shape index (κ1) is 14.3. The summed E-state index contributed by atoms with van der Waals surface area (Å²) in [6.07, 6.45) is 2.43. The summed E-state index contributed by atoms with van der Waals surface area (Å²) in [4.78, 5) is 2.50. The summed E-state index contributed by atoms with van der Waals surface area (Å²) in [6, 6.07) is 6.55. The molecule has 2 N–H and O–H groups in total. The Morgan fingerprint density at radius 2 is 2.28 bits per heavy atom. The second-order valence-electron chi connectivity index (χ2n) is 4.88. The van der Waals surface area contributed by atoms with Gasteiger partial charge in [-0.05, 0) is 56.1 Å². The summed E-state index contributed by atoms with van der Waals surface area (Å²) in [5.74, 6) is 0.511. The van der Waals surface area contributed by atoms with Gasteiger partial charge in [0.1, 0.15) is 0 Å². The van der Waals surface area contributed by atoms with Crippen molar-refractivity contribution < 1.29 is 0 Å². The predicted octanol–water partition coefficient (Wildman–Crippen LogP) is 3.83. The molecule has 1 aromatic carbocycles. The molecule has 1 fully saturated rings. The third-order valence-electron chi connectivity index (χ3n) is 3.85. The number of nitrogens with zero attached hydrogens (tertiary/aromatic N) is 1. The Labute approximate surface area is 123 Å². The highest BCUT2D eigenvalue weighted by Gasteiger charge is 2.32. The van der Waals surface area contributed by atoms with Crippen LogP contribution >= 0.6 is 27.5 Å². The fraction of sp³-hybridized carbons (Fsp3) is 0.571. The highest BCUT2D eigenvalue weighted by molar-refractivity contribution is 9.10. The molecular formula is C14H20BrClN2. The normalized spacial score (nSPS) is 25.3. The van der Waals surface area contributed by atoms with Crippen molar-refractivity contribution in [2.75, 3.05) is 19.6 Å². The second kappa shape index (κ2) is 6.38. The average molecular weight is 332 g/mol. The molecule has 0 radical (unpaired) electrons. The van der Waals surface area contributed by atoms with E-state index in [4.69, 9.17) is 17.3 Å². The molecule has 2 atom stereocenters. The summed E-state index contributed by atoms with van der Waals surface area (Å²) >= 11 is 9.87. The molecule has 2 nitrogen and oxygen atoms in total. The van der Waals surface area contributed by atoms with Crippen molar-refractivity contribution in [2.45, 2.75) is 25.8 Å². The monoisotopic (exact) mass is 330 g/mol. The molecule has 1 aliphatic rings. The van der Waals surface area contributed by atoms with E-state index in [9.17, 15) is 0 Å². The maximum absolute atomic E-state index is 6.41. The largest absolute Gasteiger partial charge is 0.330 e. The van der Waals surface area contributed by atoms with Gasteiger partial charge in [-0.1, -0.05) is 40.5 Å². The molecule has 1 saturated heterocycles. The Morgan fingerprint density at radius 3 is 2.89 bits per heavy atom. The molecule has 0 aromatic heterocycles. The standard InChI is InChI=1S/C14H20BrClN2/c1-2-18-7-3-4-10(9-17)14(18)12-6-5-11(15)8-13(12)16/h5-6,8,10,14H,2-4,7,9,17H2,1H3. The van der Waals surface area contributed by atoms with Gasteiger partial charge in [-0.25, -0.2) is 0 Å². The van der Waals surface area contributed by atoms with Gasteiger partial charge in [0.05, 0.1) is 0 Å². The number of benzene rings is 1. The Balaban J connectivity index is 2.36. The molecule has 0 spiro atoms. The number of likely N-dealkylation sites (tertiary alicyclic amines) is 1. The van der Waals surface area contributed by atoms with Crippen LogP contribution < -0.4 is 5.73 Å². The molecule has 100 valence electrons. The first-order valence-electron chi connectivity index (χ1n) is 6.56. The SMILES string of the molecule is CCN1CCCC(CN)C1c1ccc(Br)cc1Cl. The van der Waals surface area contributed by atoms with Gasteiger partial charge in [0.2, 0.25) is 0 Å². The smallest absolute Gasteiger partial charge is 0.0465 e. The Bertz CT molecular complexity index is 399. The Kier molecular flexibility index (Phi) is 5.07. The van der Waals surface area contributed by atoms with Crippen LogP contribution in [0.1, 0.15) is 31.4 Å². The van der Waals surface area contributed by atoms with Gasteiger partial charge in [-0.3, -0.25) is 4.90 Å². The van der Waals surface area contributed by atoms with E-state index in [-0.39, 0.29) is 0 Å². The van der Waals surface area contributed by atoms with Gasteiger partial charge in [0, 0.05) is 15.5 Å². The van der Waals surface area contributed by atoms with Crippen molar-refractivity contribution in [3.8, 4) is 0 Å². The van der Waals surface area contributed by atoms with Crippen LogP contribution in [0.5, 0.6) is 0 Å². The Hall–Kier alpha value is -0.0900. The van der Waals surface area contributed by atoms with Crippen LogP contribution in [-0.2, 0) is 0 Å². The maximum Gasteiger partial charge on any atom is 0.0465 e. The molecule has 2 rings (SSSR count). The van der Waals surface area contributed by atoms with E-state index in [0.717, 1.165) is 29.1 Å². The molecule has 0 amide bonds. The predicted molar refractivity (Wildman–Crippen MR) is 80.9 cm³/mol. The number of rotatable bonds is 3. The zero-order valence-corrected chi connectivity index (χ0v) is 13.0. The van der Waals surface area contributed by atoms with Crippen molar-refractivity contribution in [1.29, 1.82) is 0 Å². The van der Waals surface area contributed by atoms with Gasteiger partial charge in [0.25, 0.3) is 0 Å². The number of halogens is 2. The number of piperidine rings is 1. The molecule has 4 heteroatoms. The third-order valence-corrected chi connectivity index (χ3v) is 4.67. The van der Waals surface area contributed by atoms with Gasteiger partial charge in [0.15, 0.2) is 0 Å². The van der Waals surface area contributed by atoms with Crippen LogP contribution in [0, 0.1) is 5.92 Å². The molecule has 1 aliphatic heterocycles. The minimum absolute atomic E-state index is 0.370. The summed E-state index contributed by atoms with van der Waals surface area (Å²) in [5.41, 5.74) is 7.17. The molecule has 2 unspecified atom stereocenters. The van der Waals surface area contributed by atoms with E-state index in [1.54, 1.807) is 0 Å². The van der Waals surface area contributed by atoms with Crippen LogP contribution in [0.3, 0.4) is 0 Å². The van der Waals surface area contributed by atoms with Crippen LogP contribution in [0.4, 0.5) is 0 Å². The van der Waals surface area contributed by atoms with E-state index >= 15 is 0 Å².